The van der Waals surface area contributed by atoms with Crippen molar-refractivity contribution in [3.63, 3.8) is 0 Å². The highest BCUT2D eigenvalue weighted by molar-refractivity contribution is 5.91. The molecule has 0 bridgehead atoms. The van der Waals surface area contributed by atoms with Gasteiger partial charge in [0.1, 0.15) is 0 Å². The van der Waals surface area contributed by atoms with Crippen LogP contribution >= 0.6 is 0 Å². The van der Waals surface area contributed by atoms with E-state index in [0.29, 0.717) is 5.69 Å². The highest BCUT2D eigenvalue weighted by Crippen LogP contribution is 2.16. The second kappa shape index (κ2) is 3.53. The summed E-state index contributed by atoms with van der Waals surface area (Å²) in [4.78, 5) is 10.9. The molecule has 6 heteroatoms. The molecule has 1 amide bonds. The Labute approximate surface area is 75.7 Å². The van der Waals surface area contributed by atoms with Crippen molar-refractivity contribution in [3.05, 3.63) is 11.4 Å². The van der Waals surface area contributed by atoms with Gasteiger partial charge in [-0.1, -0.05) is 5.21 Å². The Balaban J connectivity index is 3.15. The Morgan fingerprint density at radius 2 is 2.31 bits per heavy atom. The second-order valence-electron chi connectivity index (χ2n) is 2.69. The van der Waals surface area contributed by atoms with Gasteiger partial charge < -0.3 is 10.5 Å². The monoisotopic (exact) mass is 184 g/mol. The minimum Gasteiger partial charge on any atom is -0.375 e. The average molecular weight is 184 g/mol. The van der Waals surface area contributed by atoms with Crippen molar-refractivity contribution in [3.8, 4) is 0 Å². The van der Waals surface area contributed by atoms with Gasteiger partial charge >= 0.3 is 0 Å². The molecule has 1 aromatic heterocycles. The predicted molar refractivity (Wildman–Crippen MR) is 44.9 cm³/mol. The Bertz CT molecular complexity index is 320. The predicted octanol–water partition coefficient (Wildman–Crippen LogP) is -0.379. The standard InChI is InChI=1S/C7H12N4O2/c1-4(13-3)6-5(7(8)12)9-10-11(6)2/h4H,1-3H3,(H2,8,12). The van der Waals surface area contributed by atoms with Crippen LogP contribution in [0.3, 0.4) is 0 Å². The van der Waals surface area contributed by atoms with Crippen molar-refractivity contribution in [2.45, 2.75) is 13.0 Å². The molecule has 6 nitrogen and oxygen atoms in total. The van der Waals surface area contributed by atoms with E-state index in [2.05, 4.69) is 10.3 Å². The number of aromatic nitrogens is 3. The molecule has 0 aliphatic heterocycles. The Morgan fingerprint density at radius 1 is 1.69 bits per heavy atom. The lowest BCUT2D eigenvalue weighted by molar-refractivity contribution is 0.0962. The first-order valence-electron chi connectivity index (χ1n) is 3.80. The van der Waals surface area contributed by atoms with E-state index < -0.39 is 5.91 Å². The maximum Gasteiger partial charge on any atom is 0.271 e. The smallest absolute Gasteiger partial charge is 0.271 e. The van der Waals surface area contributed by atoms with Gasteiger partial charge in [0.15, 0.2) is 5.69 Å². The van der Waals surface area contributed by atoms with Crippen LogP contribution in [-0.4, -0.2) is 28.0 Å². The zero-order valence-electron chi connectivity index (χ0n) is 7.81. The largest absolute Gasteiger partial charge is 0.375 e. The molecule has 1 rings (SSSR count). The fourth-order valence-corrected chi connectivity index (χ4v) is 1.11. The van der Waals surface area contributed by atoms with E-state index >= 15 is 0 Å². The van der Waals surface area contributed by atoms with Gasteiger partial charge in [-0.3, -0.25) is 4.79 Å². The molecule has 1 unspecified atom stereocenters. The lowest BCUT2D eigenvalue weighted by Crippen LogP contribution is -2.16. The number of amides is 1. The molecule has 1 aromatic rings. The lowest BCUT2D eigenvalue weighted by Gasteiger charge is -2.09. The van der Waals surface area contributed by atoms with Gasteiger partial charge in [0, 0.05) is 14.2 Å². The molecular formula is C7H12N4O2. The quantitative estimate of drug-likeness (QED) is 0.694. The Hall–Kier alpha value is -1.43. The number of nitrogens with two attached hydrogens (primary N) is 1. The van der Waals surface area contributed by atoms with Gasteiger partial charge in [0.05, 0.1) is 11.8 Å². The molecule has 1 heterocycles. The Morgan fingerprint density at radius 3 is 2.77 bits per heavy atom. The van der Waals surface area contributed by atoms with Gasteiger partial charge in [-0.25, -0.2) is 4.68 Å². The summed E-state index contributed by atoms with van der Waals surface area (Å²) in [7, 11) is 3.23. The van der Waals surface area contributed by atoms with Crippen molar-refractivity contribution < 1.29 is 9.53 Å². The highest BCUT2D eigenvalue weighted by atomic mass is 16.5. The summed E-state index contributed by atoms with van der Waals surface area (Å²) in [6.07, 6.45) is -0.248. The minimum atomic E-state index is -0.591. The van der Waals surface area contributed by atoms with E-state index in [9.17, 15) is 4.79 Å². The number of methoxy groups -OCH3 is 1. The number of rotatable bonds is 3. The normalized spacial score (nSPS) is 12.8. The molecule has 0 fully saturated rings. The molecule has 0 saturated heterocycles. The summed E-state index contributed by atoms with van der Waals surface area (Å²) in [5, 5.41) is 7.34. The zero-order chi connectivity index (χ0) is 10.0. The summed E-state index contributed by atoms with van der Waals surface area (Å²) < 4.78 is 6.54. The van der Waals surface area contributed by atoms with Crippen LogP contribution in [0, 0.1) is 0 Å². The molecular weight excluding hydrogens is 172 g/mol. The number of primary amides is 1. The molecule has 1 atom stereocenters. The third-order valence-electron chi connectivity index (χ3n) is 1.84. The van der Waals surface area contributed by atoms with Gasteiger partial charge in [-0.2, -0.15) is 0 Å². The molecule has 0 aromatic carbocycles. The first-order chi connectivity index (χ1) is 6.07. The van der Waals surface area contributed by atoms with Crippen LogP contribution in [0.25, 0.3) is 0 Å². The highest BCUT2D eigenvalue weighted by Gasteiger charge is 2.20. The Kier molecular flexibility index (Phi) is 2.62. The van der Waals surface area contributed by atoms with Crippen molar-refractivity contribution in [2.24, 2.45) is 12.8 Å². The number of carbonyl (C=O) groups is 1. The van der Waals surface area contributed by atoms with E-state index in [-0.39, 0.29) is 11.8 Å². The van der Waals surface area contributed by atoms with Crippen LogP contribution in [0.4, 0.5) is 0 Å². The maximum atomic E-state index is 10.9. The van der Waals surface area contributed by atoms with Crippen LogP contribution in [0.2, 0.25) is 0 Å². The fraction of sp³-hybridized carbons (Fsp3) is 0.571. The molecule has 0 aliphatic carbocycles. The number of hydrogen-bond donors (Lipinski definition) is 1. The summed E-state index contributed by atoms with van der Waals surface area (Å²) in [5.74, 6) is -0.591. The van der Waals surface area contributed by atoms with Crippen molar-refractivity contribution in [2.75, 3.05) is 7.11 Å². The molecule has 0 spiro atoms. The SMILES string of the molecule is COC(C)c1c(C(N)=O)nnn1C. The molecule has 2 N–H and O–H groups in total. The number of aryl methyl sites for hydroxylation is 1. The number of ether oxygens (including phenoxy) is 1. The van der Waals surface area contributed by atoms with Crippen LogP contribution in [0.15, 0.2) is 0 Å². The molecule has 72 valence electrons. The van der Waals surface area contributed by atoms with Crippen molar-refractivity contribution in [1.82, 2.24) is 15.0 Å². The third kappa shape index (κ3) is 1.67. The molecule has 0 radical (unpaired) electrons. The molecule has 0 aliphatic rings. The first kappa shape index (κ1) is 9.66. The summed E-state index contributed by atoms with van der Waals surface area (Å²) in [6.45, 7) is 1.80. The summed E-state index contributed by atoms with van der Waals surface area (Å²) >= 11 is 0. The summed E-state index contributed by atoms with van der Waals surface area (Å²) in [6, 6.07) is 0. The van der Waals surface area contributed by atoms with Crippen molar-refractivity contribution in [1.29, 1.82) is 0 Å². The maximum absolute atomic E-state index is 10.9. The minimum absolute atomic E-state index is 0.164. The van der Waals surface area contributed by atoms with E-state index in [1.165, 1.54) is 4.68 Å². The molecule has 13 heavy (non-hydrogen) atoms. The van der Waals surface area contributed by atoms with E-state index in [4.69, 9.17) is 10.5 Å². The first-order valence-corrected chi connectivity index (χ1v) is 3.80. The van der Waals surface area contributed by atoms with Gasteiger partial charge in [0.2, 0.25) is 0 Å². The van der Waals surface area contributed by atoms with E-state index in [1.807, 2.05) is 0 Å². The lowest BCUT2D eigenvalue weighted by atomic mass is 10.2. The third-order valence-corrected chi connectivity index (χ3v) is 1.84. The number of hydrogen-bond acceptors (Lipinski definition) is 4. The second-order valence-corrected chi connectivity index (χ2v) is 2.69. The van der Waals surface area contributed by atoms with Crippen LogP contribution in [-0.2, 0) is 11.8 Å². The summed E-state index contributed by atoms with van der Waals surface area (Å²) in [5.41, 5.74) is 5.87. The topological polar surface area (TPSA) is 83.0 Å². The number of nitrogens with zero attached hydrogens (tertiary/aromatic N) is 3. The van der Waals surface area contributed by atoms with Crippen LogP contribution < -0.4 is 5.73 Å². The van der Waals surface area contributed by atoms with Gasteiger partial charge in [-0.05, 0) is 6.92 Å². The van der Waals surface area contributed by atoms with Crippen molar-refractivity contribution >= 4 is 5.91 Å². The van der Waals surface area contributed by atoms with E-state index in [1.54, 1.807) is 21.1 Å². The van der Waals surface area contributed by atoms with Crippen LogP contribution in [0.5, 0.6) is 0 Å². The fourth-order valence-electron chi connectivity index (χ4n) is 1.11. The van der Waals surface area contributed by atoms with Crippen LogP contribution in [0.1, 0.15) is 29.2 Å². The molecule has 0 saturated carbocycles. The van der Waals surface area contributed by atoms with Gasteiger partial charge in [-0.15, -0.1) is 5.10 Å². The zero-order valence-corrected chi connectivity index (χ0v) is 7.81. The average Bonchev–Trinajstić information content (AvgIpc) is 2.46. The number of carbonyl (C=O) groups excluding carboxylic acids is 1. The van der Waals surface area contributed by atoms with E-state index in [0.717, 1.165) is 0 Å². The van der Waals surface area contributed by atoms with Gasteiger partial charge in [0.25, 0.3) is 5.91 Å².